The quantitative estimate of drug-likeness (QED) is 0.579. The van der Waals surface area contributed by atoms with Crippen molar-refractivity contribution in [2.45, 2.75) is 44.8 Å². The highest BCUT2D eigenvalue weighted by molar-refractivity contribution is 7.99. The number of thiophene rings is 1. The molecule has 0 aromatic carbocycles. The number of ether oxygens (including phenoxy) is 1. The first kappa shape index (κ1) is 17.9. The third-order valence-electron chi connectivity index (χ3n) is 3.79. The number of nitrogens with one attached hydrogen (secondary N) is 1. The summed E-state index contributed by atoms with van der Waals surface area (Å²) in [7, 11) is 0. The van der Waals surface area contributed by atoms with E-state index < -0.39 is 5.97 Å². The van der Waals surface area contributed by atoms with Crippen LogP contribution < -0.4 is 5.32 Å². The number of hydrogen-bond donors (Lipinski definition) is 1. The van der Waals surface area contributed by atoms with Crippen LogP contribution in [0.3, 0.4) is 0 Å². The second kappa shape index (κ2) is 7.57. The molecular formula is C16H19N3O4S2. The minimum absolute atomic E-state index is 0.130. The van der Waals surface area contributed by atoms with E-state index in [1.807, 2.05) is 13.8 Å². The van der Waals surface area contributed by atoms with Gasteiger partial charge in [-0.2, -0.15) is 0 Å². The number of aromatic nitrogens is 2. The molecule has 7 nitrogen and oxygen atoms in total. The van der Waals surface area contributed by atoms with Gasteiger partial charge in [-0.05, 0) is 39.2 Å². The molecule has 1 amide bonds. The molecule has 2 heterocycles. The zero-order valence-corrected chi connectivity index (χ0v) is 15.9. The number of hydrogen-bond acceptors (Lipinski definition) is 8. The van der Waals surface area contributed by atoms with Gasteiger partial charge in [0.1, 0.15) is 5.00 Å². The normalized spacial score (nSPS) is 13.7. The summed E-state index contributed by atoms with van der Waals surface area (Å²) in [6, 6.07) is 0. The third-order valence-corrected chi connectivity index (χ3v) is 5.73. The largest absolute Gasteiger partial charge is 0.462 e. The average molecular weight is 381 g/mol. The highest BCUT2D eigenvalue weighted by atomic mass is 32.2. The van der Waals surface area contributed by atoms with E-state index in [0.717, 1.165) is 23.3 Å². The summed E-state index contributed by atoms with van der Waals surface area (Å²) in [5.41, 5.74) is 1.26. The van der Waals surface area contributed by atoms with E-state index in [1.165, 1.54) is 23.1 Å². The van der Waals surface area contributed by atoms with Crippen LogP contribution in [0, 0.1) is 13.8 Å². The number of esters is 1. The molecule has 0 atom stereocenters. The van der Waals surface area contributed by atoms with E-state index >= 15 is 0 Å². The fourth-order valence-corrected chi connectivity index (χ4v) is 3.86. The first-order valence-electron chi connectivity index (χ1n) is 8.02. The zero-order valence-electron chi connectivity index (χ0n) is 14.2. The molecule has 1 fully saturated rings. The van der Waals surface area contributed by atoms with Gasteiger partial charge in [0, 0.05) is 10.8 Å². The van der Waals surface area contributed by atoms with Crippen LogP contribution in [-0.4, -0.2) is 34.4 Å². The van der Waals surface area contributed by atoms with Crippen LogP contribution in [0.4, 0.5) is 5.00 Å². The highest BCUT2D eigenvalue weighted by Crippen LogP contribution is 2.40. The standard InChI is InChI=1S/C16H19N3O4S2/c1-4-22-15(21)12-8(2)9(3)25-14(12)17-11(20)7-24-16-19-18-13(23-16)10-5-6-10/h10H,4-7H2,1-3H3,(H,17,20). The number of nitrogens with zero attached hydrogens (tertiary/aromatic N) is 2. The molecule has 0 bridgehead atoms. The maximum absolute atomic E-state index is 12.2. The lowest BCUT2D eigenvalue weighted by Gasteiger charge is -2.06. The van der Waals surface area contributed by atoms with Crippen LogP contribution in [-0.2, 0) is 9.53 Å². The van der Waals surface area contributed by atoms with Crippen molar-refractivity contribution in [1.29, 1.82) is 0 Å². The van der Waals surface area contributed by atoms with Crippen molar-refractivity contribution < 1.29 is 18.7 Å². The van der Waals surface area contributed by atoms with E-state index in [9.17, 15) is 9.59 Å². The molecule has 1 aliphatic rings. The van der Waals surface area contributed by atoms with Gasteiger partial charge < -0.3 is 14.5 Å². The number of carbonyl (C=O) groups excluding carboxylic acids is 2. The van der Waals surface area contributed by atoms with Gasteiger partial charge in [0.05, 0.1) is 17.9 Å². The number of carbonyl (C=O) groups is 2. The van der Waals surface area contributed by atoms with Gasteiger partial charge in [0.15, 0.2) is 0 Å². The predicted molar refractivity (Wildman–Crippen MR) is 95.4 cm³/mol. The minimum Gasteiger partial charge on any atom is -0.462 e. The summed E-state index contributed by atoms with van der Waals surface area (Å²) in [5.74, 6) is 0.517. The number of rotatable bonds is 7. The maximum Gasteiger partial charge on any atom is 0.341 e. The molecule has 3 rings (SSSR count). The molecule has 0 spiro atoms. The number of anilines is 1. The van der Waals surface area contributed by atoms with Crippen molar-refractivity contribution in [3.05, 3.63) is 21.9 Å². The molecule has 2 aromatic rings. The van der Waals surface area contributed by atoms with Gasteiger partial charge in [-0.15, -0.1) is 21.5 Å². The van der Waals surface area contributed by atoms with Crippen molar-refractivity contribution in [1.82, 2.24) is 10.2 Å². The van der Waals surface area contributed by atoms with Crippen LogP contribution in [0.2, 0.25) is 0 Å². The molecule has 25 heavy (non-hydrogen) atoms. The molecule has 9 heteroatoms. The molecule has 0 saturated heterocycles. The smallest absolute Gasteiger partial charge is 0.341 e. The van der Waals surface area contributed by atoms with Crippen molar-refractivity contribution in [3.8, 4) is 0 Å². The molecule has 1 aliphatic carbocycles. The predicted octanol–water partition coefficient (Wildman–Crippen LogP) is 3.53. The minimum atomic E-state index is -0.418. The topological polar surface area (TPSA) is 94.3 Å². The molecule has 2 aromatic heterocycles. The van der Waals surface area contributed by atoms with Crippen LogP contribution in [0.25, 0.3) is 0 Å². The lowest BCUT2D eigenvalue weighted by atomic mass is 10.1. The second-order valence-electron chi connectivity index (χ2n) is 5.73. The Kier molecular flexibility index (Phi) is 5.43. The van der Waals surface area contributed by atoms with E-state index in [2.05, 4.69) is 15.5 Å². The van der Waals surface area contributed by atoms with Crippen molar-refractivity contribution in [2.24, 2.45) is 0 Å². The SMILES string of the molecule is CCOC(=O)c1c(NC(=O)CSc2nnc(C3CC3)o2)sc(C)c1C. The molecule has 1 N–H and O–H groups in total. The number of thioether (sulfide) groups is 1. The molecule has 0 radical (unpaired) electrons. The monoisotopic (exact) mass is 381 g/mol. The highest BCUT2D eigenvalue weighted by Gasteiger charge is 2.29. The summed E-state index contributed by atoms with van der Waals surface area (Å²) in [4.78, 5) is 25.3. The van der Waals surface area contributed by atoms with E-state index in [4.69, 9.17) is 9.15 Å². The fourth-order valence-electron chi connectivity index (χ4n) is 2.23. The Bertz CT molecular complexity index is 795. The Balaban J connectivity index is 1.61. The zero-order chi connectivity index (χ0) is 18.0. The van der Waals surface area contributed by atoms with Crippen LogP contribution in [0.15, 0.2) is 9.64 Å². The Labute approximate surface area is 153 Å². The van der Waals surface area contributed by atoms with Gasteiger partial charge in [-0.3, -0.25) is 4.79 Å². The summed E-state index contributed by atoms with van der Waals surface area (Å²) >= 11 is 2.55. The molecule has 1 saturated carbocycles. The fraction of sp³-hybridized carbons (Fsp3) is 0.500. The average Bonchev–Trinajstić information content (AvgIpc) is 3.24. The molecular weight excluding hydrogens is 362 g/mol. The Morgan fingerprint density at radius 1 is 1.36 bits per heavy atom. The summed E-state index contributed by atoms with van der Waals surface area (Å²) in [6.45, 7) is 5.80. The van der Waals surface area contributed by atoms with Crippen LogP contribution in [0.5, 0.6) is 0 Å². The van der Waals surface area contributed by atoms with Gasteiger partial charge in [-0.25, -0.2) is 4.79 Å². The van der Waals surface area contributed by atoms with E-state index in [1.54, 1.807) is 6.92 Å². The third kappa shape index (κ3) is 4.21. The van der Waals surface area contributed by atoms with Crippen LogP contribution in [0.1, 0.15) is 52.4 Å². The first-order chi connectivity index (χ1) is 12.0. The van der Waals surface area contributed by atoms with Crippen LogP contribution >= 0.6 is 23.1 Å². The van der Waals surface area contributed by atoms with Gasteiger partial charge in [-0.1, -0.05) is 11.8 Å². The van der Waals surface area contributed by atoms with Gasteiger partial charge >= 0.3 is 5.97 Å². The maximum atomic E-state index is 12.2. The van der Waals surface area contributed by atoms with Gasteiger partial charge in [0.2, 0.25) is 11.8 Å². The summed E-state index contributed by atoms with van der Waals surface area (Å²) in [5, 5.41) is 11.6. The van der Waals surface area contributed by atoms with Crippen molar-refractivity contribution in [2.75, 3.05) is 17.7 Å². The van der Waals surface area contributed by atoms with E-state index in [0.29, 0.717) is 27.6 Å². The van der Waals surface area contributed by atoms with Crippen molar-refractivity contribution in [3.63, 3.8) is 0 Å². The second-order valence-corrected chi connectivity index (χ2v) is 7.88. The lowest BCUT2D eigenvalue weighted by molar-refractivity contribution is -0.113. The van der Waals surface area contributed by atoms with Gasteiger partial charge in [0.25, 0.3) is 5.22 Å². The summed E-state index contributed by atoms with van der Waals surface area (Å²) < 4.78 is 10.6. The molecule has 0 unspecified atom stereocenters. The number of amides is 1. The van der Waals surface area contributed by atoms with E-state index in [-0.39, 0.29) is 18.3 Å². The summed E-state index contributed by atoms with van der Waals surface area (Å²) in [6.07, 6.45) is 2.17. The Morgan fingerprint density at radius 3 is 2.80 bits per heavy atom. The molecule has 134 valence electrons. The molecule has 0 aliphatic heterocycles. The lowest BCUT2D eigenvalue weighted by Crippen LogP contribution is -2.16. The Morgan fingerprint density at radius 2 is 2.12 bits per heavy atom. The first-order valence-corrected chi connectivity index (χ1v) is 9.83. The van der Waals surface area contributed by atoms with Crippen molar-refractivity contribution >= 4 is 40.0 Å². The Hall–Kier alpha value is -1.87. The number of aryl methyl sites for hydroxylation is 1.